The van der Waals surface area contributed by atoms with E-state index in [0.717, 1.165) is 12.0 Å². The van der Waals surface area contributed by atoms with Crippen LogP contribution < -0.4 is 0 Å². The van der Waals surface area contributed by atoms with Crippen molar-refractivity contribution in [2.45, 2.75) is 37.6 Å². The molecule has 1 heteroatoms. The second-order valence-corrected chi connectivity index (χ2v) is 5.85. The van der Waals surface area contributed by atoms with Gasteiger partial charge in [0.25, 0.3) is 0 Å². The van der Waals surface area contributed by atoms with E-state index in [9.17, 15) is 0 Å². The molecule has 3 unspecified atom stereocenters. The molecule has 0 N–H and O–H groups in total. The molecular formula is C15H21N. The molecular weight excluding hydrogens is 194 g/mol. The Morgan fingerprint density at radius 2 is 2.00 bits per heavy atom. The van der Waals surface area contributed by atoms with Crippen LogP contribution in [0.1, 0.15) is 30.4 Å². The van der Waals surface area contributed by atoms with E-state index in [1.165, 1.54) is 24.8 Å². The predicted octanol–water partition coefficient (Wildman–Crippen LogP) is 2.98. The largest absolute Gasteiger partial charge is 0.306 e. The molecule has 3 atom stereocenters. The highest BCUT2D eigenvalue weighted by molar-refractivity contribution is 5.42. The molecule has 86 valence electrons. The van der Waals surface area contributed by atoms with Gasteiger partial charge in [-0.05, 0) is 57.3 Å². The molecule has 0 amide bonds. The fraction of sp³-hybridized carbons (Fsp3) is 0.600. The SMILES string of the molecule is Cc1ccccc1C12CCC(N(C)C)C1C2. The third-order valence-electron chi connectivity index (χ3n) is 4.83. The Balaban J connectivity index is 1.92. The summed E-state index contributed by atoms with van der Waals surface area (Å²) in [4.78, 5) is 2.43. The molecule has 0 aromatic heterocycles. The minimum Gasteiger partial charge on any atom is -0.306 e. The molecule has 0 radical (unpaired) electrons. The zero-order chi connectivity index (χ0) is 11.3. The number of hydrogen-bond acceptors (Lipinski definition) is 1. The van der Waals surface area contributed by atoms with Crippen LogP contribution in [0.2, 0.25) is 0 Å². The Morgan fingerprint density at radius 3 is 2.56 bits per heavy atom. The molecule has 16 heavy (non-hydrogen) atoms. The van der Waals surface area contributed by atoms with Gasteiger partial charge in [0.2, 0.25) is 0 Å². The first kappa shape index (κ1) is 10.3. The van der Waals surface area contributed by atoms with Gasteiger partial charge in [0.1, 0.15) is 0 Å². The van der Waals surface area contributed by atoms with E-state index in [1.54, 1.807) is 5.56 Å². The third-order valence-corrected chi connectivity index (χ3v) is 4.83. The lowest BCUT2D eigenvalue weighted by Gasteiger charge is -2.19. The standard InChI is InChI=1S/C15H21N/c1-11-6-4-5-7-12(11)15-9-8-14(16(2)3)13(15)10-15/h4-7,13-14H,8-10H2,1-3H3. The lowest BCUT2D eigenvalue weighted by atomic mass is 9.90. The van der Waals surface area contributed by atoms with Gasteiger partial charge >= 0.3 is 0 Å². The molecule has 2 fully saturated rings. The second kappa shape index (κ2) is 3.33. The smallest absolute Gasteiger partial charge is 0.0127 e. The molecule has 3 rings (SSSR count). The Labute approximate surface area is 98.5 Å². The predicted molar refractivity (Wildman–Crippen MR) is 67.7 cm³/mol. The van der Waals surface area contributed by atoms with Crippen molar-refractivity contribution in [3.05, 3.63) is 35.4 Å². The van der Waals surface area contributed by atoms with Gasteiger partial charge in [-0.2, -0.15) is 0 Å². The number of benzene rings is 1. The topological polar surface area (TPSA) is 3.24 Å². The first-order valence-electron chi connectivity index (χ1n) is 6.38. The summed E-state index contributed by atoms with van der Waals surface area (Å²) < 4.78 is 0. The van der Waals surface area contributed by atoms with Crippen LogP contribution in [0.3, 0.4) is 0 Å². The van der Waals surface area contributed by atoms with Crippen LogP contribution in [0, 0.1) is 12.8 Å². The summed E-state index contributed by atoms with van der Waals surface area (Å²) in [6.45, 7) is 2.27. The van der Waals surface area contributed by atoms with Crippen LogP contribution in [0.25, 0.3) is 0 Å². The van der Waals surface area contributed by atoms with Gasteiger partial charge in [0, 0.05) is 11.5 Å². The summed E-state index contributed by atoms with van der Waals surface area (Å²) in [5.74, 6) is 0.920. The van der Waals surface area contributed by atoms with Crippen molar-refractivity contribution in [3.8, 4) is 0 Å². The lowest BCUT2D eigenvalue weighted by Crippen LogP contribution is -2.27. The Hall–Kier alpha value is -0.820. The maximum atomic E-state index is 2.43. The van der Waals surface area contributed by atoms with Crippen molar-refractivity contribution in [1.29, 1.82) is 0 Å². The summed E-state index contributed by atoms with van der Waals surface area (Å²) >= 11 is 0. The van der Waals surface area contributed by atoms with Crippen LogP contribution in [-0.2, 0) is 5.41 Å². The zero-order valence-electron chi connectivity index (χ0n) is 10.5. The van der Waals surface area contributed by atoms with E-state index >= 15 is 0 Å². The minimum absolute atomic E-state index is 0.556. The molecule has 1 nitrogen and oxygen atoms in total. The van der Waals surface area contributed by atoms with Crippen molar-refractivity contribution in [3.63, 3.8) is 0 Å². The van der Waals surface area contributed by atoms with Gasteiger partial charge < -0.3 is 4.90 Å². The van der Waals surface area contributed by atoms with Gasteiger partial charge in [0.05, 0.1) is 0 Å². The monoisotopic (exact) mass is 215 g/mol. The number of fused-ring (bicyclic) bond motifs is 1. The van der Waals surface area contributed by atoms with E-state index in [4.69, 9.17) is 0 Å². The van der Waals surface area contributed by atoms with Crippen molar-refractivity contribution < 1.29 is 0 Å². The molecule has 0 saturated heterocycles. The van der Waals surface area contributed by atoms with Gasteiger partial charge in [0.15, 0.2) is 0 Å². The molecule has 0 bridgehead atoms. The van der Waals surface area contributed by atoms with Crippen LogP contribution in [0.15, 0.2) is 24.3 Å². The highest BCUT2D eigenvalue weighted by atomic mass is 15.1. The Bertz CT molecular complexity index is 410. The van der Waals surface area contributed by atoms with E-state index in [-0.39, 0.29) is 0 Å². The quantitative estimate of drug-likeness (QED) is 0.733. The normalized spacial score (nSPS) is 36.5. The van der Waals surface area contributed by atoms with Gasteiger partial charge in [-0.15, -0.1) is 0 Å². The number of rotatable bonds is 2. The van der Waals surface area contributed by atoms with Crippen molar-refractivity contribution in [2.24, 2.45) is 5.92 Å². The third kappa shape index (κ3) is 1.27. The van der Waals surface area contributed by atoms with E-state index in [0.29, 0.717) is 5.41 Å². The van der Waals surface area contributed by atoms with E-state index < -0.39 is 0 Å². The second-order valence-electron chi connectivity index (χ2n) is 5.85. The summed E-state index contributed by atoms with van der Waals surface area (Å²) in [6, 6.07) is 9.80. The average molecular weight is 215 g/mol. The Morgan fingerprint density at radius 1 is 1.25 bits per heavy atom. The molecule has 2 saturated carbocycles. The van der Waals surface area contributed by atoms with Crippen LogP contribution in [0.5, 0.6) is 0 Å². The first-order chi connectivity index (χ1) is 7.65. The molecule has 2 aliphatic rings. The van der Waals surface area contributed by atoms with E-state index in [2.05, 4.69) is 50.2 Å². The van der Waals surface area contributed by atoms with Gasteiger partial charge in [-0.25, -0.2) is 0 Å². The fourth-order valence-electron chi connectivity index (χ4n) is 3.93. The first-order valence-corrected chi connectivity index (χ1v) is 6.38. The molecule has 1 aromatic carbocycles. The van der Waals surface area contributed by atoms with E-state index in [1.807, 2.05) is 0 Å². The van der Waals surface area contributed by atoms with Gasteiger partial charge in [-0.3, -0.25) is 0 Å². The highest BCUT2D eigenvalue weighted by Gasteiger charge is 2.62. The van der Waals surface area contributed by atoms with Crippen LogP contribution in [-0.4, -0.2) is 25.0 Å². The molecule has 0 aliphatic heterocycles. The maximum absolute atomic E-state index is 2.43. The number of nitrogens with zero attached hydrogens (tertiary/aromatic N) is 1. The number of hydrogen-bond donors (Lipinski definition) is 0. The lowest BCUT2D eigenvalue weighted by molar-refractivity contribution is 0.271. The molecule has 2 aliphatic carbocycles. The van der Waals surface area contributed by atoms with Crippen molar-refractivity contribution in [1.82, 2.24) is 4.90 Å². The number of aryl methyl sites for hydroxylation is 1. The van der Waals surface area contributed by atoms with Crippen LogP contribution in [0.4, 0.5) is 0 Å². The maximum Gasteiger partial charge on any atom is 0.0127 e. The van der Waals surface area contributed by atoms with Crippen molar-refractivity contribution in [2.75, 3.05) is 14.1 Å². The summed E-state index contributed by atoms with van der Waals surface area (Å²) in [5.41, 5.74) is 3.68. The van der Waals surface area contributed by atoms with Crippen LogP contribution >= 0.6 is 0 Å². The van der Waals surface area contributed by atoms with Crippen molar-refractivity contribution >= 4 is 0 Å². The highest BCUT2D eigenvalue weighted by Crippen LogP contribution is 2.65. The van der Waals surface area contributed by atoms with Gasteiger partial charge in [-0.1, -0.05) is 24.3 Å². The minimum atomic E-state index is 0.556. The molecule has 0 heterocycles. The molecule has 1 aromatic rings. The fourth-order valence-corrected chi connectivity index (χ4v) is 3.93. The summed E-state index contributed by atoms with van der Waals surface area (Å²) in [5, 5.41) is 0. The molecule has 0 spiro atoms. The summed E-state index contributed by atoms with van der Waals surface area (Å²) in [6.07, 6.45) is 4.19. The Kier molecular flexibility index (Phi) is 2.16. The summed E-state index contributed by atoms with van der Waals surface area (Å²) in [7, 11) is 4.47. The average Bonchev–Trinajstić information content (AvgIpc) is 2.85. The zero-order valence-corrected chi connectivity index (χ0v) is 10.5.